The largest absolute Gasteiger partial charge is 0.346 e. The van der Waals surface area contributed by atoms with Gasteiger partial charge in [-0.2, -0.15) is 5.10 Å². The van der Waals surface area contributed by atoms with E-state index >= 15 is 0 Å². The molecule has 1 heterocycles. The minimum Gasteiger partial charge on any atom is -0.324 e. The molecular weight excluding hydrogens is 275 g/mol. The number of rotatable bonds is 3. The molecule has 1 aromatic carbocycles. The predicted octanol–water partition coefficient (Wildman–Crippen LogP) is 1.58. The minimum atomic E-state index is -0.457. The summed E-state index contributed by atoms with van der Waals surface area (Å²) in [5.41, 5.74) is -0.477. The molecule has 0 unspecified atom stereocenters. The summed E-state index contributed by atoms with van der Waals surface area (Å²) in [6.45, 7) is 5.36. The molecule has 112 valence electrons. The predicted molar refractivity (Wildman–Crippen MR) is 76.5 cm³/mol. The van der Waals surface area contributed by atoms with Crippen molar-refractivity contribution >= 4 is 11.6 Å². The van der Waals surface area contributed by atoms with Crippen molar-refractivity contribution in [2.24, 2.45) is 0 Å². The number of hydrogen-bond acceptors (Lipinski definition) is 3. The molecule has 1 N–H and O–H groups in total. The number of hydrogen-bond donors (Lipinski definition) is 1. The van der Waals surface area contributed by atoms with Crippen molar-refractivity contribution in [3.05, 3.63) is 46.9 Å². The SMILES string of the molecule is CC(C)(C)n1ncn(CC(=O)Nc2cccc(F)c2)c1=O. The quantitative estimate of drug-likeness (QED) is 0.933. The van der Waals surface area contributed by atoms with Crippen LogP contribution in [-0.2, 0) is 16.9 Å². The van der Waals surface area contributed by atoms with Gasteiger partial charge in [-0.1, -0.05) is 6.07 Å². The average molecular weight is 292 g/mol. The zero-order valence-corrected chi connectivity index (χ0v) is 12.1. The number of nitrogens with one attached hydrogen (secondary N) is 1. The van der Waals surface area contributed by atoms with Crippen molar-refractivity contribution in [3.63, 3.8) is 0 Å². The van der Waals surface area contributed by atoms with Crippen molar-refractivity contribution in [2.45, 2.75) is 32.9 Å². The van der Waals surface area contributed by atoms with E-state index in [2.05, 4.69) is 10.4 Å². The number of aromatic nitrogens is 3. The summed E-state index contributed by atoms with van der Waals surface area (Å²) >= 11 is 0. The summed E-state index contributed by atoms with van der Waals surface area (Å²) in [5.74, 6) is -0.860. The molecule has 0 spiro atoms. The molecule has 0 aliphatic heterocycles. The van der Waals surface area contributed by atoms with Gasteiger partial charge in [-0.15, -0.1) is 0 Å². The van der Waals surface area contributed by atoms with E-state index in [1.165, 1.54) is 33.8 Å². The van der Waals surface area contributed by atoms with Gasteiger partial charge < -0.3 is 5.32 Å². The molecule has 0 saturated heterocycles. The number of carbonyl (C=O) groups excluding carboxylic acids is 1. The van der Waals surface area contributed by atoms with E-state index in [0.29, 0.717) is 5.69 Å². The number of halogens is 1. The van der Waals surface area contributed by atoms with Crippen LogP contribution in [0.2, 0.25) is 0 Å². The van der Waals surface area contributed by atoms with Crippen LogP contribution < -0.4 is 11.0 Å². The van der Waals surface area contributed by atoms with Gasteiger partial charge in [0.25, 0.3) is 0 Å². The standard InChI is InChI=1S/C14H17FN4O2/c1-14(2,3)19-13(21)18(9-16-19)8-12(20)17-11-6-4-5-10(15)7-11/h4-7,9H,8H2,1-3H3,(H,17,20). The van der Waals surface area contributed by atoms with Gasteiger partial charge in [-0.3, -0.25) is 9.36 Å². The number of amides is 1. The fourth-order valence-corrected chi connectivity index (χ4v) is 1.82. The van der Waals surface area contributed by atoms with E-state index in [1.54, 1.807) is 6.07 Å². The summed E-state index contributed by atoms with van der Waals surface area (Å²) < 4.78 is 15.5. The van der Waals surface area contributed by atoms with Gasteiger partial charge in [0.2, 0.25) is 5.91 Å². The third-order valence-electron chi connectivity index (χ3n) is 2.79. The van der Waals surface area contributed by atoms with Gasteiger partial charge in [0.15, 0.2) is 0 Å². The van der Waals surface area contributed by atoms with Crippen molar-refractivity contribution in [1.29, 1.82) is 0 Å². The van der Waals surface area contributed by atoms with Gasteiger partial charge in [0.05, 0.1) is 5.54 Å². The van der Waals surface area contributed by atoms with E-state index in [1.807, 2.05) is 20.8 Å². The normalized spacial score (nSPS) is 11.4. The van der Waals surface area contributed by atoms with Crippen LogP contribution in [0, 0.1) is 5.82 Å². The van der Waals surface area contributed by atoms with Crippen molar-refractivity contribution in [3.8, 4) is 0 Å². The number of benzene rings is 1. The molecule has 0 aliphatic rings. The first-order valence-corrected chi connectivity index (χ1v) is 6.48. The molecular formula is C14H17FN4O2. The van der Waals surface area contributed by atoms with Gasteiger partial charge in [-0.25, -0.2) is 13.9 Å². The second-order valence-corrected chi connectivity index (χ2v) is 5.68. The molecule has 7 heteroatoms. The number of carbonyl (C=O) groups is 1. The monoisotopic (exact) mass is 292 g/mol. The fourth-order valence-electron chi connectivity index (χ4n) is 1.82. The summed E-state index contributed by atoms with van der Waals surface area (Å²) in [4.78, 5) is 24.0. The molecule has 0 fully saturated rings. The maximum absolute atomic E-state index is 13.0. The van der Waals surface area contributed by atoms with Gasteiger partial charge in [0.1, 0.15) is 18.7 Å². The Bertz CT molecular complexity index is 712. The van der Waals surface area contributed by atoms with Gasteiger partial charge in [0, 0.05) is 5.69 Å². The molecule has 2 aromatic rings. The van der Waals surface area contributed by atoms with Crippen LogP contribution in [0.4, 0.5) is 10.1 Å². The van der Waals surface area contributed by atoms with Crippen LogP contribution in [-0.4, -0.2) is 20.3 Å². The van der Waals surface area contributed by atoms with Crippen LogP contribution in [0.15, 0.2) is 35.4 Å². The van der Waals surface area contributed by atoms with Crippen LogP contribution >= 0.6 is 0 Å². The Morgan fingerprint density at radius 2 is 2.10 bits per heavy atom. The van der Waals surface area contributed by atoms with E-state index in [4.69, 9.17) is 0 Å². The molecule has 0 radical (unpaired) electrons. The van der Waals surface area contributed by atoms with Gasteiger partial charge >= 0.3 is 5.69 Å². The maximum Gasteiger partial charge on any atom is 0.346 e. The highest BCUT2D eigenvalue weighted by molar-refractivity contribution is 5.90. The van der Waals surface area contributed by atoms with Gasteiger partial charge in [-0.05, 0) is 39.0 Å². The minimum absolute atomic E-state index is 0.175. The fraction of sp³-hybridized carbons (Fsp3) is 0.357. The lowest BCUT2D eigenvalue weighted by molar-refractivity contribution is -0.116. The average Bonchev–Trinajstić information content (AvgIpc) is 2.70. The Labute approximate surface area is 121 Å². The first kappa shape index (κ1) is 15.0. The Morgan fingerprint density at radius 1 is 1.38 bits per heavy atom. The van der Waals surface area contributed by atoms with Crippen LogP contribution in [0.25, 0.3) is 0 Å². The summed E-state index contributed by atoms with van der Waals surface area (Å²) in [7, 11) is 0. The third-order valence-corrected chi connectivity index (χ3v) is 2.79. The van der Waals surface area contributed by atoms with E-state index in [9.17, 15) is 14.0 Å². The molecule has 1 aromatic heterocycles. The molecule has 0 aliphatic carbocycles. The lowest BCUT2D eigenvalue weighted by Gasteiger charge is -2.16. The Balaban J connectivity index is 2.11. The van der Waals surface area contributed by atoms with E-state index in [-0.39, 0.29) is 12.2 Å². The third kappa shape index (κ3) is 3.56. The molecule has 21 heavy (non-hydrogen) atoms. The first-order chi connectivity index (χ1) is 9.77. The first-order valence-electron chi connectivity index (χ1n) is 6.48. The van der Waals surface area contributed by atoms with Crippen LogP contribution in [0.3, 0.4) is 0 Å². The molecule has 1 amide bonds. The Morgan fingerprint density at radius 3 is 2.67 bits per heavy atom. The highest BCUT2D eigenvalue weighted by Gasteiger charge is 2.19. The van der Waals surface area contributed by atoms with Crippen LogP contribution in [0.5, 0.6) is 0 Å². The zero-order valence-electron chi connectivity index (χ0n) is 12.1. The highest BCUT2D eigenvalue weighted by Crippen LogP contribution is 2.10. The smallest absolute Gasteiger partial charge is 0.324 e. The molecule has 0 bridgehead atoms. The maximum atomic E-state index is 13.0. The second kappa shape index (κ2) is 5.51. The van der Waals surface area contributed by atoms with Crippen molar-refractivity contribution in [1.82, 2.24) is 14.3 Å². The lowest BCUT2D eigenvalue weighted by Crippen LogP contribution is -2.37. The van der Waals surface area contributed by atoms with E-state index in [0.717, 1.165) is 0 Å². The Kier molecular flexibility index (Phi) is 3.93. The molecule has 0 saturated carbocycles. The topological polar surface area (TPSA) is 68.9 Å². The molecule has 2 rings (SSSR count). The van der Waals surface area contributed by atoms with E-state index < -0.39 is 17.3 Å². The second-order valence-electron chi connectivity index (χ2n) is 5.68. The lowest BCUT2D eigenvalue weighted by atomic mass is 10.1. The summed E-state index contributed by atoms with van der Waals surface area (Å²) in [6, 6.07) is 5.56. The summed E-state index contributed by atoms with van der Waals surface area (Å²) in [5, 5.41) is 6.52. The number of anilines is 1. The Hall–Kier alpha value is -2.44. The molecule has 6 nitrogen and oxygen atoms in total. The zero-order chi connectivity index (χ0) is 15.6. The number of nitrogens with zero attached hydrogens (tertiary/aromatic N) is 3. The van der Waals surface area contributed by atoms with Crippen molar-refractivity contribution in [2.75, 3.05) is 5.32 Å². The summed E-state index contributed by atoms with van der Waals surface area (Å²) in [6.07, 6.45) is 1.32. The van der Waals surface area contributed by atoms with Crippen LogP contribution in [0.1, 0.15) is 20.8 Å². The van der Waals surface area contributed by atoms with Crippen molar-refractivity contribution < 1.29 is 9.18 Å². The molecule has 0 atom stereocenters. The highest BCUT2D eigenvalue weighted by atomic mass is 19.1.